The average molecular weight is 529 g/mol. The lowest BCUT2D eigenvalue weighted by Crippen LogP contribution is -2.44. The number of hydrogen-bond acceptors (Lipinski definition) is 3. The highest BCUT2D eigenvalue weighted by atomic mass is 127. The topological polar surface area (TPSA) is 42.9 Å². The lowest BCUT2D eigenvalue weighted by atomic mass is 10.1. The van der Waals surface area contributed by atoms with Gasteiger partial charge in [0, 0.05) is 45.3 Å². The van der Waals surface area contributed by atoms with Crippen LogP contribution in [0.15, 0.2) is 47.5 Å². The second-order valence-electron chi connectivity index (χ2n) is 7.60. The summed E-state index contributed by atoms with van der Waals surface area (Å²) >= 11 is 0. The van der Waals surface area contributed by atoms with E-state index in [1.807, 2.05) is 11.0 Å². The zero-order chi connectivity index (χ0) is 20.8. The van der Waals surface area contributed by atoms with Crippen LogP contribution >= 0.6 is 24.0 Å². The molecule has 30 heavy (non-hydrogen) atoms. The van der Waals surface area contributed by atoms with Crippen molar-refractivity contribution in [1.29, 1.82) is 0 Å². The van der Waals surface area contributed by atoms with E-state index in [4.69, 9.17) is 0 Å². The van der Waals surface area contributed by atoms with E-state index < -0.39 is 11.6 Å². The van der Waals surface area contributed by atoms with Crippen molar-refractivity contribution in [2.45, 2.75) is 25.6 Å². The Morgan fingerprint density at radius 3 is 2.57 bits per heavy atom. The number of halogens is 3. The van der Waals surface area contributed by atoms with Gasteiger partial charge in [0.05, 0.1) is 5.69 Å². The molecule has 1 fully saturated rings. The number of rotatable bonds is 6. The molecule has 8 heteroatoms. The maximum absolute atomic E-state index is 14.1. The van der Waals surface area contributed by atoms with Crippen LogP contribution in [0.1, 0.15) is 17.5 Å². The molecule has 3 rings (SSSR count). The van der Waals surface area contributed by atoms with Crippen molar-refractivity contribution in [3.05, 3.63) is 65.2 Å². The van der Waals surface area contributed by atoms with Crippen LogP contribution in [0.2, 0.25) is 0 Å². The number of nitrogens with zero attached hydrogens (tertiary/aromatic N) is 3. The Balaban J connectivity index is 0.00000320. The maximum Gasteiger partial charge on any atom is 0.191 e. The summed E-state index contributed by atoms with van der Waals surface area (Å²) in [6.07, 6.45) is 0.856. The minimum atomic E-state index is -0.556. The Morgan fingerprint density at radius 2 is 1.90 bits per heavy atom. The molecule has 1 heterocycles. The van der Waals surface area contributed by atoms with E-state index in [0.717, 1.165) is 25.0 Å². The van der Waals surface area contributed by atoms with E-state index in [1.165, 1.54) is 23.3 Å². The van der Waals surface area contributed by atoms with Gasteiger partial charge in [0.1, 0.15) is 11.6 Å². The second kappa shape index (κ2) is 11.5. The lowest BCUT2D eigenvalue weighted by molar-refractivity contribution is 0.400. The molecule has 1 aliphatic rings. The van der Waals surface area contributed by atoms with Gasteiger partial charge < -0.3 is 20.4 Å². The van der Waals surface area contributed by atoms with Crippen LogP contribution in [0.5, 0.6) is 0 Å². The zero-order valence-corrected chi connectivity index (χ0v) is 20.0. The van der Waals surface area contributed by atoms with Gasteiger partial charge in [-0.25, -0.2) is 8.78 Å². The number of nitrogens with one attached hydrogen (secondary N) is 2. The first kappa shape index (κ1) is 24.3. The van der Waals surface area contributed by atoms with Gasteiger partial charge in [0.15, 0.2) is 5.96 Å². The summed E-state index contributed by atoms with van der Waals surface area (Å²) in [5, 5.41) is 6.79. The SMILES string of the molecule is CN=C(NCc1ccccc1CN(C)C)NC1CCN(c2ccc(F)cc2F)C1.I. The molecule has 1 atom stereocenters. The summed E-state index contributed by atoms with van der Waals surface area (Å²) in [5.41, 5.74) is 2.95. The monoisotopic (exact) mass is 529 g/mol. The minimum absolute atomic E-state index is 0. The van der Waals surface area contributed by atoms with Crippen LogP contribution in [-0.2, 0) is 13.1 Å². The van der Waals surface area contributed by atoms with Crippen LogP contribution in [0, 0.1) is 11.6 Å². The molecule has 1 saturated heterocycles. The Hall–Kier alpha value is -1.94. The molecule has 1 unspecified atom stereocenters. The molecule has 0 spiro atoms. The quantitative estimate of drug-likeness (QED) is 0.341. The summed E-state index contributed by atoms with van der Waals surface area (Å²) in [6, 6.07) is 12.2. The molecule has 5 nitrogen and oxygen atoms in total. The van der Waals surface area contributed by atoms with Crippen molar-refractivity contribution in [3.8, 4) is 0 Å². The number of benzene rings is 2. The van der Waals surface area contributed by atoms with Crippen molar-refractivity contribution in [2.24, 2.45) is 4.99 Å². The average Bonchev–Trinajstić information content (AvgIpc) is 3.14. The van der Waals surface area contributed by atoms with Crippen molar-refractivity contribution in [1.82, 2.24) is 15.5 Å². The Morgan fingerprint density at radius 1 is 1.17 bits per heavy atom. The summed E-state index contributed by atoms with van der Waals surface area (Å²) in [6.45, 7) is 2.90. The molecule has 0 bridgehead atoms. The standard InChI is InChI=1S/C22H29F2N5.HI/c1-25-22(26-13-16-6-4-5-7-17(16)14-28(2)3)27-19-10-11-29(15-19)21-9-8-18(23)12-20(21)24;/h4-9,12,19H,10-11,13-15H2,1-3H3,(H2,25,26,27);1H. The van der Waals surface area contributed by atoms with Gasteiger partial charge in [-0.3, -0.25) is 4.99 Å². The van der Waals surface area contributed by atoms with Gasteiger partial charge in [-0.1, -0.05) is 24.3 Å². The van der Waals surface area contributed by atoms with Crippen LogP contribution in [-0.4, -0.2) is 51.1 Å². The molecule has 164 valence electrons. The first-order valence-corrected chi connectivity index (χ1v) is 9.85. The maximum atomic E-state index is 14.1. The van der Waals surface area contributed by atoms with Gasteiger partial charge >= 0.3 is 0 Å². The van der Waals surface area contributed by atoms with Gasteiger partial charge in [0.2, 0.25) is 0 Å². The first-order valence-electron chi connectivity index (χ1n) is 9.85. The molecular formula is C22H30F2IN5. The summed E-state index contributed by atoms with van der Waals surface area (Å²) < 4.78 is 27.2. The van der Waals surface area contributed by atoms with Crippen LogP contribution in [0.4, 0.5) is 14.5 Å². The Bertz CT molecular complexity index is 859. The number of guanidine groups is 1. The van der Waals surface area contributed by atoms with E-state index in [-0.39, 0.29) is 30.0 Å². The third kappa shape index (κ3) is 6.53. The molecule has 0 saturated carbocycles. The largest absolute Gasteiger partial charge is 0.367 e. The van der Waals surface area contributed by atoms with Crippen LogP contribution in [0.3, 0.4) is 0 Å². The summed E-state index contributed by atoms with van der Waals surface area (Å²) in [5.74, 6) is -0.360. The summed E-state index contributed by atoms with van der Waals surface area (Å²) in [4.78, 5) is 8.41. The minimum Gasteiger partial charge on any atom is -0.367 e. The van der Waals surface area contributed by atoms with E-state index in [2.05, 4.69) is 52.8 Å². The van der Waals surface area contributed by atoms with E-state index >= 15 is 0 Å². The molecule has 0 aliphatic carbocycles. The van der Waals surface area contributed by atoms with E-state index in [0.29, 0.717) is 25.3 Å². The Labute approximate surface area is 194 Å². The Kier molecular flexibility index (Phi) is 9.29. The molecule has 1 aliphatic heterocycles. The fourth-order valence-corrected chi connectivity index (χ4v) is 3.63. The third-order valence-electron chi connectivity index (χ3n) is 5.05. The predicted octanol–water partition coefficient (Wildman–Crippen LogP) is 3.59. The van der Waals surface area contributed by atoms with Gasteiger partial charge in [0.25, 0.3) is 0 Å². The molecule has 2 N–H and O–H groups in total. The van der Waals surface area contributed by atoms with Crippen molar-refractivity contribution in [2.75, 3.05) is 39.1 Å². The molecule has 0 aromatic heterocycles. The highest BCUT2D eigenvalue weighted by Crippen LogP contribution is 2.24. The molecular weight excluding hydrogens is 499 g/mol. The van der Waals surface area contributed by atoms with Crippen molar-refractivity contribution in [3.63, 3.8) is 0 Å². The molecule has 2 aromatic rings. The first-order chi connectivity index (χ1) is 14.0. The molecule has 0 radical (unpaired) electrons. The van der Waals surface area contributed by atoms with Crippen molar-refractivity contribution >= 4 is 35.6 Å². The molecule has 0 amide bonds. The predicted molar refractivity (Wildman–Crippen MR) is 130 cm³/mol. The number of hydrogen-bond donors (Lipinski definition) is 2. The van der Waals surface area contributed by atoms with E-state index in [9.17, 15) is 8.78 Å². The van der Waals surface area contributed by atoms with Crippen LogP contribution in [0.25, 0.3) is 0 Å². The number of anilines is 1. The fraction of sp³-hybridized carbons (Fsp3) is 0.409. The molecule has 2 aromatic carbocycles. The highest BCUT2D eigenvalue weighted by Gasteiger charge is 2.25. The number of aliphatic imine (C=N–C) groups is 1. The smallest absolute Gasteiger partial charge is 0.191 e. The van der Waals surface area contributed by atoms with E-state index in [1.54, 1.807) is 7.05 Å². The van der Waals surface area contributed by atoms with Gasteiger partial charge in [-0.15, -0.1) is 24.0 Å². The highest BCUT2D eigenvalue weighted by molar-refractivity contribution is 14.0. The fourth-order valence-electron chi connectivity index (χ4n) is 3.63. The zero-order valence-electron chi connectivity index (χ0n) is 17.7. The van der Waals surface area contributed by atoms with Gasteiger partial charge in [-0.05, 0) is 43.8 Å². The van der Waals surface area contributed by atoms with Gasteiger partial charge in [-0.2, -0.15) is 0 Å². The lowest BCUT2D eigenvalue weighted by Gasteiger charge is -2.21. The summed E-state index contributed by atoms with van der Waals surface area (Å²) in [7, 11) is 5.86. The van der Waals surface area contributed by atoms with Crippen molar-refractivity contribution < 1.29 is 8.78 Å². The van der Waals surface area contributed by atoms with Crippen LogP contribution < -0.4 is 15.5 Å². The normalized spacial score (nSPS) is 16.5. The second-order valence-corrected chi connectivity index (χ2v) is 7.60. The third-order valence-corrected chi connectivity index (χ3v) is 5.05.